The van der Waals surface area contributed by atoms with Gasteiger partial charge < -0.3 is 19.5 Å². The van der Waals surface area contributed by atoms with E-state index in [0.717, 1.165) is 42.5 Å². The molecule has 2 aliphatic heterocycles. The Balaban J connectivity index is 1.44. The lowest BCUT2D eigenvalue weighted by Gasteiger charge is -2.30. The molecule has 166 valence electrons. The van der Waals surface area contributed by atoms with Gasteiger partial charge in [-0.25, -0.2) is 0 Å². The number of hydrogen-bond donors (Lipinski definition) is 1. The molecule has 0 amide bonds. The SMILES string of the molecule is S=C1N[C@@H](c2ccccn2)[C@@H](c2cccn2-c2ccc3ccccc3c2)N1C[C@@H]1CCCO1. The Labute approximate surface area is 199 Å². The maximum Gasteiger partial charge on any atom is 0.170 e. The molecule has 2 aromatic carbocycles. The van der Waals surface area contributed by atoms with Crippen LogP contribution in [0.15, 0.2) is 85.2 Å². The molecule has 2 aliphatic rings. The third-order valence-corrected chi connectivity index (χ3v) is 7.07. The van der Waals surface area contributed by atoms with Gasteiger partial charge in [0.15, 0.2) is 5.11 Å². The Bertz CT molecular complexity index is 1280. The number of benzene rings is 2. The molecule has 33 heavy (non-hydrogen) atoms. The number of hydrogen-bond acceptors (Lipinski definition) is 3. The molecule has 0 bridgehead atoms. The van der Waals surface area contributed by atoms with Gasteiger partial charge >= 0.3 is 0 Å². The van der Waals surface area contributed by atoms with Crippen LogP contribution in [0.3, 0.4) is 0 Å². The number of aromatic nitrogens is 2. The third-order valence-electron chi connectivity index (χ3n) is 6.72. The molecule has 0 aliphatic carbocycles. The van der Waals surface area contributed by atoms with Crippen molar-refractivity contribution in [3.63, 3.8) is 0 Å². The lowest BCUT2D eigenvalue weighted by Crippen LogP contribution is -2.36. The quantitative estimate of drug-likeness (QED) is 0.421. The molecule has 1 N–H and O–H groups in total. The van der Waals surface area contributed by atoms with Crippen LogP contribution in [0.5, 0.6) is 0 Å². The van der Waals surface area contributed by atoms with Crippen molar-refractivity contribution in [1.82, 2.24) is 19.8 Å². The smallest absolute Gasteiger partial charge is 0.170 e. The monoisotopic (exact) mass is 454 g/mol. The van der Waals surface area contributed by atoms with Gasteiger partial charge in [0, 0.05) is 36.9 Å². The summed E-state index contributed by atoms with van der Waals surface area (Å²) >= 11 is 5.85. The Morgan fingerprint density at radius 1 is 1.00 bits per heavy atom. The van der Waals surface area contributed by atoms with Crippen LogP contribution in [0.1, 0.15) is 36.3 Å². The van der Waals surface area contributed by atoms with Gasteiger partial charge in [-0.05, 0) is 72.2 Å². The predicted octanol–water partition coefficient (Wildman–Crippen LogP) is 5.18. The summed E-state index contributed by atoms with van der Waals surface area (Å²) in [6, 6.07) is 25.5. The van der Waals surface area contributed by atoms with Crippen molar-refractivity contribution in [3.8, 4) is 5.69 Å². The number of pyridine rings is 1. The van der Waals surface area contributed by atoms with E-state index in [4.69, 9.17) is 17.0 Å². The summed E-state index contributed by atoms with van der Waals surface area (Å²) in [5.41, 5.74) is 3.32. The van der Waals surface area contributed by atoms with Crippen molar-refractivity contribution in [3.05, 3.63) is 96.6 Å². The van der Waals surface area contributed by atoms with E-state index >= 15 is 0 Å². The van der Waals surface area contributed by atoms with Crippen molar-refractivity contribution < 1.29 is 4.74 Å². The number of ether oxygens (including phenoxy) is 1. The van der Waals surface area contributed by atoms with Crippen molar-refractivity contribution >= 4 is 28.1 Å². The number of rotatable bonds is 5. The molecular weight excluding hydrogens is 428 g/mol. The topological polar surface area (TPSA) is 42.3 Å². The van der Waals surface area contributed by atoms with Crippen LogP contribution < -0.4 is 5.32 Å². The second kappa shape index (κ2) is 8.61. The van der Waals surface area contributed by atoms with Gasteiger partial charge in [0.05, 0.1) is 23.9 Å². The Morgan fingerprint density at radius 2 is 1.88 bits per heavy atom. The highest BCUT2D eigenvalue weighted by Crippen LogP contribution is 2.40. The zero-order chi connectivity index (χ0) is 22.2. The van der Waals surface area contributed by atoms with Crippen LogP contribution in [0.25, 0.3) is 16.5 Å². The Morgan fingerprint density at radius 3 is 2.70 bits per heavy atom. The first kappa shape index (κ1) is 20.4. The van der Waals surface area contributed by atoms with Gasteiger partial charge in [-0.15, -0.1) is 0 Å². The summed E-state index contributed by atoms with van der Waals surface area (Å²) in [6.07, 6.45) is 6.38. The summed E-state index contributed by atoms with van der Waals surface area (Å²) in [4.78, 5) is 6.98. The highest BCUT2D eigenvalue weighted by atomic mass is 32.1. The van der Waals surface area contributed by atoms with Gasteiger partial charge in [-0.3, -0.25) is 4.98 Å². The third kappa shape index (κ3) is 3.79. The normalized spacial score (nSPS) is 22.7. The highest BCUT2D eigenvalue weighted by Gasteiger charge is 2.42. The van der Waals surface area contributed by atoms with Gasteiger partial charge in [-0.2, -0.15) is 0 Å². The van der Waals surface area contributed by atoms with E-state index in [0.29, 0.717) is 0 Å². The second-order valence-electron chi connectivity index (χ2n) is 8.75. The van der Waals surface area contributed by atoms with Crippen molar-refractivity contribution in [1.29, 1.82) is 0 Å². The molecule has 6 heteroatoms. The summed E-state index contributed by atoms with van der Waals surface area (Å²) in [5.74, 6) is 0. The van der Waals surface area contributed by atoms with Crippen molar-refractivity contribution in [2.24, 2.45) is 0 Å². The Hall–Kier alpha value is -3.22. The fourth-order valence-corrected chi connectivity index (χ4v) is 5.44. The van der Waals surface area contributed by atoms with Crippen LogP contribution in [-0.4, -0.2) is 38.8 Å². The van der Waals surface area contributed by atoms with E-state index in [-0.39, 0.29) is 18.2 Å². The fraction of sp³-hybridized carbons (Fsp3) is 0.259. The Kier molecular flexibility index (Phi) is 5.32. The maximum absolute atomic E-state index is 5.98. The lowest BCUT2D eigenvalue weighted by molar-refractivity contribution is 0.0836. The van der Waals surface area contributed by atoms with Crippen LogP contribution >= 0.6 is 12.2 Å². The highest BCUT2D eigenvalue weighted by molar-refractivity contribution is 7.80. The van der Waals surface area contributed by atoms with Gasteiger partial charge in [0.2, 0.25) is 0 Å². The first-order valence-corrected chi connectivity index (χ1v) is 11.9. The average Bonchev–Trinajstić information content (AvgIpc) is 3.61. The minimum Gasteiger partial charge on any atom is -0.376 e. The standard InChI is InChI=1S/C27H26N4OS/c33-27-29-25(23-10-3-4-14-28-23)26(31(27)18-22-9-6-16-32-22)24-11-5-15-30(24)21-13-12-19-7-1-2-8-20(19)17-21/h1-5,7-8,10-15,17,22,25-26H,6,9,16,18H2,(H,29,33)/t22-,25-,26+/m0/s1. The lowest BCUT2D eigenvalue weighted by atomic mass is 10.0. The van der Waals surface area contributed by atoms with E-state index in [1.165, 1.54) is 16.5 Å². The van der Waals surface area contributed by atoms with E-state index in [9.17, 15) is 0 Å². The predicted molar refractivity (Wildman–Crippen MR) is 134 cm³/mol. The van der Waals surface area contributed by atoms with Gasteiger partial charge in [-0.1, -0.05) is 36.4 Å². The van der Waals surface area contributed by atoms with E-state index in [1.54, 1.807) is 0 Å². The average molecular weight is 455 g/mol. The molecule has 5 nitrogen and oxygen atoms in total. The van der Waals surface area contributed by atoms with Crippen LogP contribution in [0.2, 0.25) is 0 Å². The molecule has 0 saturated carbocycles. The molecule has 2 aromatic heterocycles. The van der Waals surface area contributed by atoms with Gasteiger partial charge in [0.1, 0.15) is 0 Å². The van der Waals surface area contributed by atoms with Gasteiger partial charge in [0.25, 0.3) is 0 Å². The maximum atomic E-state index is 5.98. The largest absolute Gasteiger partial charge is 0.376 e. The molecule has 0 spiro atoms. The molecule has 6 rings (SSSR count). The zero-order valence-corrected chi connectivity index (χ0v) is 19.1. The second-order valence-corrected chi connectivity index (χ2v) is 9.14. The summed E-state index contributed by atoms with van der Waals surface area (Å²) in [6.45, 7) is 1.61. The molecule has 3 atom stereocenters. The van der Waals surface area contributed by atoms with Crippen LogP contribution in [0, 0.1) is 0 Å². The summed E-state index contributed by atoms with van der Waals surface area (Å²) in [5, 5.41) is 6.80. The fourth-order valence-electron chi connectivity index (χ4n) is 5.13. The molecule has 0 radical (unpaired) electrons. The van der Waals surface area contributed by atoms with Crippen molar-refractivity contribution in [2.75, 3.05) is 13.2 Å². The first-order valence-electron chi connectivity index (χ1n) is 11.5. The van der Waals surface area contributed by atoms with Crippen LogP contribution in [-0.2, 0) is 4.74 Å². The number of thiocarbonyl (C=S) groups is 1. The van der Waals surface area contributed by atoms with E-state index < -0.39 is 0 Å². The molecule has 2 fully saturated rings. The summed E-state index contributed by atoms with van der Waals surface area (Å²) in [7, 11) is 0. The summed E-state index contributed by atoms with van der Waals surface area (Å²) < 4.78 is 8.26. The number of fused-ring (bicyclic) bond motifs is 1. The van der Waals surface area contributed by atoms with Crippen LogP contribution in [0.4, 0.5) is 0 Å². The van der Waals surface area contributed by atoms with Crippen molar-refractivity contribution in [2.45, 2.75) is 31.0 Å². The molecule has 4 aromatic rings. The minimum atomic E-state index is -0.0331. The minimum absolute atomic E-state index is 0.0121. The molecule has 0 unspecified atom stereocenters. The first-order chi connectivity index (χ1) is 16.3. The molecular formula is C27H26N4OS. The van der Waals surface area contributed by atoms with E-state index in [1.807, 2.05) is 18.3 Å². The van der Waals surface area contributed by atoms with E-state index in [2.05, 4.69) is 86.6 Å². The number of nitrogens with one attached hydrogen (secondary N) is 1. The molecule has 2 saturated heterocycles. The number of nitrogens with zero attached hydrogens (tertiary/aromatic N) is 3. The zero-order valence-electron chi connectivity index (χ0n) is 18.3. The molecule has 4 heterocycles.